The minimum absolute atomic E-state index is 0.268. The van der Waals surface area contributed by atoms with Gasteiger partial charge in [0.05, 0.1) is 13.2 Å². The number of hydrogen-bond donors (Lipinski definition) is 2. The summed E-state index contributed by atoms with van der Waals surface area (Å²) in [4.78, 5) is 0. The zero-order valence-corrected chi connectivity index (χ0v) is 9.72. The lowest BCUT2D eigenvalue weighted by Crippen LogP contribution is -2.29. The van der Waals surface area contributed by atoms with Gasteiger partial charge < -0.3 is 4.74 Å². The molecule has 0 aliphatic heterocycles. The standard InChI is InChI=1S/C11H14F4N2O/c1-18-10-3-2-7(12)6-8(10)9(17-16)4-5-11(13,14)15/h2-3,6,9,17H,4-5,16H2,1H3. The summed E-state index contributed by atoms with van der Waals surface area (Å²) in [5, 5.41) is 0. The van der Waals surface area contributed by atoms with Gasteiger partial charge in [-0.15, -0.1) is 0 Å². The van der Waals surface area contributed by atoms with E-state index in [1.165, 1.54) is 19.2 Å². The van der Waals surface area contributed by atoms with Crippen molar-refractivity contribution in [2.24, 2.45) is 5.84 Å². The van der Waals surface area contributed by atoms with Crippen molar-refractivity contribution in [3.63, 3.8) is 0 Å². The quantitative estimate of drug-likeness (QED) is 0.489. The van der Waals surface area contributed by atoms with Crippen molar-refractivity contribution in [2.45, 2.75) is 25.1 Å². The first-order valence-corrected chi connectivity index (χ1v) is 5.23. The Morgan fingerprint density at radius 2 is 2.06 bits per heavy atom. The fraction of sp³-hybridized carbons (Fsp3) is 0.455. The molecule has 7 heteroatoms. The van der Waals surface area contributed by atoms with Gasteiger partial charge >= 0.3 is 6.18 Å². The van der Waals surface area contributed by atoms with Gasteiger partial charge in [0.2, 0.25) is 0 Å². The van der Waals surface area contributed by atoms with Crippen LogP contribution in [-0.4, -0.2) is 13.3 Å². The maximum Gasteiger partial charge on any atom is 0.389 e. The van der Waals surface area contributed by atoms with E-state index >= 15 is 0 Å². The van der Waals surface area contributed by atoms with Crippen LogP contribution in [0.4, 0.5) is 17.6 Å². The van der Waals surface area contributed by atoms with Crippen molar-refractivity contribution in [1.29, 1.82) is 0 Å². The first-order chi connectivity index (χ1) is 8.37. The molecule has 0 saturated carbocycles. The molecule has 3 nitrogen and oxygen atoms in total. The summed E-state index contributed by atoms with van der Waals surface area (Å²) in [7, 11) is 1.36. The summed E-state index contributed by atoms with van der Waals surface area (Å²) >= 11 is 0. The van der Waals surface area contributed by atoms with Crippen molar-refractivity contribution < 1.29 is 22.3 Å². The first kappa shape index (κ1) is 14.7. The van der Waals surface area contributed by atoms with Gasteiger partial charge in [0.1, 0.15) is 11.6 Å². The molecule has 0 amide bonds. The molecule has 18 heavy (non-hydrogen) atoms. The minimum Gasteiger partial charge on any atom is -0.496 e. The van der Waals surface area contributed by atoms with Crippen molar-refractivity contribution in [1.82, 2.24) is 5.43 Å². The Bertz CT molecular complexity index is 395. The third kappa shape index (κ3) is 4.15. The Kier molecular flexibility index (Phi) is 4.92. The summed E-state index contributed by atoms with van der Waals surface area (Å²) in [6.45, 7) is 0. The van der Waals surface area contributed by atoms with Crippen LogP contribution >= 0.6 is 0 Å². The van der Waals surface area contributed by atoms with Gasteiger partial charge in [-0.1, -0.05) is 0 Å². The average Bonchev–Trinajstić information content (AvgIpc) is 2.28. The van der Waals surface area contributed by atoms with Gasteiger partial charge in [0.25, 0.3) is 0 Å². The molecule has 1 aromatic carbocycles. The van der Waals surface area contributed by atoms with E-state index in [0.717, 1.165) is 6.07 Å². The fourth-order valence-electron chi connectivity index (χ4n) is 1.61. The number of alkyl halides is 3. The van der Waals surface area contributed by atoms with Gasteiger partial charge in [-0.2, -0.15) is 13.2 Å². The van der Waals surface area contributed by atoms with Gasteiger partial charge in [-0.3, -0.25) is 11.3 Å². The highest BCUT2D eigenvalue weighted by Crippen LogP contribution is 2.32. The molecular formula is C11H14F4N2O. The molecule has 1 atom stereocenters. The van der Waals surface area contributed by atoms with E-state index in [2.05, 4.69) is 5.43 Å². The normalized spacial score (nSPS) is 13.4. The maximum absolute atomic E-state index is 13.1. The van der Waals surface area contributed by atoms with E-state index in [0.29, 0.717) is 5.75 Å². The van der Waals surface area contributed by atoms with Gasteiger partial charge in [-0.05, 0) is 24.6 Å². The Morgan fingerprint density at radius 1 is 1.39 bits per heavy atom. The zero-order valence-electron chi connectivity index (χ0n) is 9.72. The summed E-state index contributed by atoms with van der Waals surface area (Å²) in [5.74, 6) is 4.95. The van der Waals surface area contributed by atoms with Crippen LogP contribution in [0.25, 0.3) is 0 Å². The highest BCUT2D eigenvalue weighted by Gasteiger charge is 2.29. The number of rotatable bonds is 5. The highest BCUT2D eigenvalue weighted by atomic mass is 19.4. The highest BCUT2D eigenvalue weighted by molar-refractivity contribution is 5.36. The van der Waals surface area contributed by atoms with Crippen LogP contribution in [0.3, 0.4) is 0 Å². The maximum atomic E-state index is 13.1. The number of nitrogens with two attached hydrogens (primary N) is 1. The average molecular weight is 266 g/mol. The topological polar surface area (TPSA) is 47.3 Å². The summed E-state index contributed by atoms with van der Waals surface area (Å²) in [5.41, 5.74) is 2.51. The number of ether oxygens (including phenoxy) is 1. The summed E-state index contributed by atoms with van der Waals surface area (Å²) < 4.78 is 54.5. The number of halogens is 4. The van der Waals surface area contributed by atoms with Gasteiger partial charge in [0.15, 0.2) is 0 Å². The molecule has 0 spiro atoms. The summed E-state index contributed by atoms with van der Waals surface area (Å²) in [6, 6.07) is 2.81. The third-order valence-electron chi connectivity index (χ3n) is 2.48. The van der Waals surface area contributed by atoms with Crippen molar-refractivity contribution >= 4 is 0 Å². The van der Waals surface area contributed by atoms with E-state index < -0.39 is 24.5 Å². The SMILES string of the molecule is COc1ccc(F)cc1C(CCC(F)(F)F)NN. The van der Waals surface area contributed by atoms with Crippen LogP contribution in [0, 0.1) is 5.82 Å². The second-order valence-corrected chi connectivity index (χ2v) is 3.76. The molecule has 0 aromatic heterocycles. The molecular weight excluding hydrogens is 252 g/mol. The second-order valence-electron chi connectivity index (χ2n) is 3.76. The van der Waals surface area contributed by atoms with E-state index in [4.69, 9.17) is 10.6 Å². The van der Waals surface area contributed by atoms with Gasteiger partial charge in [0, 0.05) is 12.0 Å². The number of nitrogens with one attached hydrogen (secondary N) is 1. The van der Waals surface area contributed by atoms with Gasteiger partial charge in [-0.25, -0.2) is 4.39 Å². The molecule has 1 rings (SSSR count). The molecule has 3 N–H and O–H groups in total. The zero-order chi connectivity index (χ0) is 13.8. The summed E-state index contributed by atoms with van der Waals surface area (Å²) in [6.07, 6.45) is -5.59. The predicted octanol–water partition coefficient (Wildman–Crippen LogP) is 2.68. The van der Waals surface area contributed by atoms with Crippen molar-refractivity contribution in [2.75, 3.05) is 7.11 Å². The molecule has 0 bridgehead atoms. The van der Waals surface area contributed by atoms with Crippen LogP contribution in [-0.2, 0) is 0 Å². The molecule has 0 fully saturated rings. The Labute approximate surface area is 102 Å². The second kappa shape index (κ2) is 6.01. The largest absolute Gasteiger partial charge is 0.496 e. The molecule has 1 aromatic rings. The lowest BCUT2D eigenvalue weighted by molar-refractivity contribution is -0.136. The number of hydrogen-bond acceptors (Lipinski definition) is 3. The molecule has 0 radical (unpaired) electrons. The Morgan fingerprint density at radius 3 is 2.56 bits per heavy atom. The Balaban J connectivity index is 2.90. The van der Waals surface area contributed by atoms with Crippen LogP contribution in [0.2, 0.25) is 0 Å². The molecule has 102 valence electrons. The predicted molar refractivity (Wildman–Crippen MR) is 58.3 cm³/mol. The van der Waals surface area contributed by atoms with Crippen LogP contribution in [0.1, 0.15) is 24.4 Å². The molecule has 0 aliphatic carbocycles. The van der Waals surface area contributed by atoms with E-state index in [-0.39, 0.29) is 12.0 Å². The van der Waals surface area contributed by atoms with E-state index in [9.17, 15) is 17.6 Å². The number of methoxy groups -OCH3 is 1. The third-order valence-corrected chi connectivity index (χ3v) is 2.48. The number of benzene rings is 1. The lowest BCUT2D eigenvalue weighted by atomic mass is 10.0. The van der Waals surface area contributed by atoms with Crippen LogP contribution in [0.15, 0.2) is 18.2 Å². The molecule has 0 aliphatic rings. The van der Waals surface area contributed by atoms with Crippen molar-refractivity contribution in [3.8, 4) is 5.75 Å². The molecule has 0 heterocycles. The number of hydrazine groups is 1. The molecule has 0 saturated heterocycles. The first-order valence-electron chi connectivity index (χ1n) is 5.23. The molecule has 1 unspecified atom stereocenters. The smallest absolute Gasteiger partial charge is 0.389 e. The lowest BCUT2D eigenvalue weighted by Gasteiger charge is -2.19. The monoisotopic (exact) mass is 266 g/mol. The van der Waals surface area contributed by atoms with Crippen LogP contribution in [0.5, 0.6) is 5.75 Å². The minimum atomic E-state index is -4.28. The van der Waals surface area contributed by atoms with E-state index in [1.807, 2.05) is 0 Å². The van der Waals surface area contributed by atoms with Crippen LogP contribution < -0.4 is 16.0 Å². The Hall–Kier alpha value is -1.34. The van der Waals surface area contributed by atoms with E-state index in [1.54, 1.807) is 0 Å². The fourth-order valence-corrected chi connectivity index (χ4v) is 1.61. The van der Waals surface area contributed by atoms with Crippen molar-refractivity contribution in [3.05, 3.63) is 29.6 Å².